The van der Waals surface area contributed by atoms with Crippen molar-refractivity contribution in [2.45, 2.75) is 44.9 Å². The van der Waals surface area contributed by atoms with Crippen LogP contribution in [0.1, 0.15) is 44.1 Å². The molecule has 1 aliphatic carbocycles. The summed E-state index contributed by atoms with van der Waals surface area (Å²) in [6.45, 7) is 0.136. The van der Waals surface area contributed by atoms with Gasteiger partial charge in [-0.1, -0.05) is 25.3 Å². The van der Waals surface area contributed by atoms with Crippen LogP contribution in [0.5, 0.6) is 5.75 Å². The molecule has 4 heteroatoms. The Bertz CT molecular complexity index is 547. The van der Waals surface area contributed by atoms with Crippen LogP contribution in [0.15, 0.2) is 18.2 Å². The van der Waals surface area contributed by atoms with Crippen molar-refractivity contribution in [3.63, 3.8) is 0 Å². The Labute approximate surface area is 124 Å². The zero-order chi connectivity index (χ0) is 14.7. The summed E-state index contributed by atoms with van der Waals surface area (Å²) < 4.78 is 5.62. The molecule has 0 saturated heterocycles. The van der Waals surface area contributed by atoms with Crippen LogP contribution in [0.2, 0.25) is 0 Å². The third-order valence-electron chi connectivity index (χ3n) is 4.42. The molecule has 1 fully saturated rings. The molecule has 1 aliphatic heterocycles. The summed E-state index contributed by atoms with van der Waals surface area (Å²) in [5.41, 5.74) is 1.94. The summed E-state index contributed by atoms with van der Waals surface area (Å²) in [6.07, 6.45) is 6.86. The van der Waals surface area contributed by atoms with Gasteiger partial charge in [-0.15, -0.1) is 0 Å². The van der Waals surface area contributed by atoms with Gasteiger partial charge in [-0.25, -0.2) is 0 Å². The highest BCUT2D eigenvalue weighted by Gasteiger charge is 2.21. The monoisotopic (exact) mass is 287 g/mol. The van der Waals surface area contributed by atoms with E-state index in [0.717, 1.165) is 43.4 Å². The number of amides is 1. The van der Waals surface area contributed by atoms with E-state index in [1.54, 1.807) is 0 Å². The van der Waals surface area contributed by atoms with Crippen molar-refractivity contribution >= 4 is 17.4 Å². The number of hydrogen-bond donors (Lipinski definition) is 1. The zero-order valence-electron chi connectivity index (χ0n) is 12.2. The van der Waals surface area contributed by atoms with Gasteiger partial charge in [0.1, 0.15) is 12.4 Å². The lowest BCUT2D eigenvalue weighted by molar-refractivity contribution is -0.125. The van der Waals surface area contributed by atoms with Crippen molar-refractivity contribution in [3.05, 3.63) is 23.8 Å². The van der Waals surface area contributed by atoms with Crippen molar-refractivity contribution in [2.75, 3.05) is 11.9 Å². The van der Waals surface area contributed by atoms with Crippen LogP contribution in [0.4, 0.5) is 5.69 Å². The molecule has 0 spiro atoms. The second-order valence-corrected chi connectivity index (χ2v) is 5.96. The average molecular weight is 287 g/mol. The lowest BCUT2D eigenvalue weighted by atomic mass is 9.86. The molecule has 112 valence electrons. The van der Waals surface area contributed by atoms with E-state index in [0.29, 0.717) is 12.2 Å². The molecule has 0 radical (unpaired) electrons. The Balaban J connectivity index is 1.59. The molecule has 4 nitrogen and oxygen atoms in total. The van der Waals surface area contributed by atoms with Crippen molar-refractivity contribution in [1.82, 2.24) is 0 Å². The quantitative estimate of drug-likeness (QED) is 0.925. The average Bonchev–Trinajstić information content (AvgIpc) is 2.53. The Morgan fingerprint density at radius 2 is 2.00 bits per heavy atom. The fourth-order valence-corrected chi connectivity index (χ4v) is 3.14. The van der Waals surface area contributed by atoms with Gasteiger partial charge in [-0.3, -0.25) is 9.59 Å². The van der Waals surface area contributed by atoms with Gasteiger partial charge in [0.15, 0.2) is 5.78 Å². The number of fused-ring (bicyclic) bond motifs is 1. The number of carbonyl (C=O) groups is 2. The summed E-state index contributed by atoms with van der Waals surface area (Å²) in [6, 6.07) is 5.67. The van der Waals surface area contributed by atoms with E-state index in [1.165, 1.54) is 6.42 Å². The molecule has 0 unspecified atom stereocenters. The lowest BCUT2D eigenvalue weighted by Crippen LogP contribution is -2.23. The SMILES string of the molecule is O=C1CCc2ccc(OCC(=O)C3CCCCC3)cc2N1. The lowest BCUT2D eigenvalue weighted by Gasteiger charge is -2.21. The van der Waals surface area contributed by atoms with E-state index in [1.807, 2.05) is 18.2 Å². The molecular formula is C17H21NO3. The first-order valence-electron chi connectivity index (χ1n) is 7.80. The molecule has 1 N–H and O–H groups in total. The standard InChI is InChI=1S/C17H21NO3/c19-16(13-4-2-1-3-5-13)11-21-14-8-6-12-7-9-17(20)18-15(12)10-14/h6,8,10,13H,1-5,7,9,11H2,(H,18,20). The van der Waals surface area contributed by atoms with Crippen molar-refractivity contribution in [3.8, 4) is 5.75 Å². The highest BCUT2D eigenvalue weighted by atomic mass is 16.5. The Morgan fingerprint density at radius 1 is 1.19 bits per heavy atom. The molecule has 3 rings (SSSR count). The highest BCUT2D eigenvalue weighted by Crippen LogP contribution is 2.28. The minimum absolute atomic E-state index is 0.0398. The van der Waals surface area contributed by atoms with Crippen LogP contribution in [-0.4, -0.2) is 18.3 Å². The second-order valence-electron chi connectivity index (χ2n) is 5.96. The number of carbonyl (C=O) groups excluding carboxylic acids is 2. The summed E-state index contributed by atoms with van der Waals surface area (Å²) >= 11 is 0. The van der Waals surface area contributed by atoms with E-state index in [-0.39, 0.29) is 24.2 Å². The molecule has 0 bridgehead atoms. The fraction of sp³-hybridized carbons (Fsp3) is 0.529. The zero-order valence-corrected chi connectivity index (χ0v) is 12.2. The first-order chi connectivity index (χ1) is 10.2. The maximum atomic E-state index is 12.1. The van der Waals surface area contributed by atoms with Gasteiger partial charge in [0.25, 0.3) is 0 Å². The Kier molecular flexibility index (Phi) is 4.23. The normalized spacial score (nSPS) is 18.8. The van der Waals surface area contributed by atoms with Crippen molar-refractivity contribution in [2.24, 2.45) is 5.92 Å². The number of ketones is 1. The molecule has 21 heavy (non-hydrogen) atoms. The third-order valence-corrected chi connectivity index (χ3v) is 4.42. The first-order valence-corrected chi connectivity index (χ1v) is 7.80. The molecule has 2 aliphatic rings. The number of benzene rings is 1. The van der Waals surface area contributed by atoms with Gasteiger partial charge < -0.3 is 10.1 Å². The Morgan fingerprint density at radius 3 is 2.81 bits per heavy atom. The second kappa shape index (κ2) is 6.29. The predicted octanol–water partition coefficient (Wildman–Crippen LogP) is 3.10. The number of aryl methyl sites for hydroxylation is 1. The van der Waals surface area contributed by atoms with Gasteiger partial charge >= 0.3 is 0 Å². The molecule has 1 heterocycles. The summed E-state index contributed by atoms with van der Waals surface area (Å²) in [5, 5.41) is 2.85. The number of rotatable bonds is 4. The molecular weight excluding hydrogens is 266 g/mol. The van der Waals surface area contributed by atoms with E-state index in [2.05, 4.69) is 5.32 Å². The molecule has 1 saturated carbocycles. The van der Waals surface area contributed by atoms with Crippen LogP contribution in [0.3, 0.4) is 0 Å². The number of ether oxygens (including phenoxy) is 1. The molecule has 1 aromatic rings. The topological polar surface area (TPSA) is 55.4 Å². The third kappa shape index (κ3) is 3.43. The largest absolute Gasteiger partial charge is 0.486 e. The van der Waals surface area contributed by atoms with Crippen LogP contribution in [0, 0.1) is 5.92 Å². The van der Waals surface area contributed by atoms with Gasteiger partial charge in [-0.2, -0.15) is 0 Å². The van der Waals surface area contributed by atoms with E-state index < -0.39 is 0 Å². The van der Waals surface area contributed by atoms with Crippen LogP contribution in [-0.2, 0) is 16.0 Å². The van der Waals surface area contributed by atoms with Crippen LogP contribution >= 0.6 is 0 Å². The molecule has 0 atom stereocenters. The van der Waals surface area contributed by atoms with Gasteiger partial charge in [0.05, 0.1) is 0 Å². The Hall–Kier alpha value is -1.84. The van der Waals surface area contributed by atoms with Gasteiger partial charge in [0.2, 0.25) is 5.91 Å². The number of anilines is 1. The predicted molar refractivity (Wildman–Crippen MR) is 80.5 cm³/mol. The van der Waals surface area contributed by atoms with Crippen molar-refractivity contribution < 1.29 is 14.3 Å². The minimum atomic E-state index is 0.0398. The van der Waals surface area contributed by atoms with Crippen LogP contribution < -0.4 is 10.1 Å². The number of nitrogens with one attached hydrogen (secondary N) is 1. The number of hydrogen-bond acceptors (Lipinski definition) is 3. The number of Topliss-reactive ketones (excluding diaryl/α,β-unsaturated/α-hetero) is 1. The maximum absolute atomic E-state index is 12.1. The summed E-state index contributed by atoms with van der Waals surface area (Å²) in [5.74, 6) is 1.07. The molecule has 1 amide bonds. The smallest absolute Gasteiger partial charge is 0.224 e. The fourth-order valence-electron chi connectivity index (χ4n) is 3.14. The van der Waals surface area contributed by atoms with E-state index in [9.17, 15) is 9.59 Å². The molecule has 1 aromatic carbocycles. The van der Waals surface area contributed by atoms with Crippen molar-refractivity contribution in [1.29, 1.82) is 0 Å². The van der Waals surface area contributed by atoms with Crippen LogP contribution in [0.25, 0.3) is 0 Å². The van der Waals surface area contributed by atoms with E-state index in [4.69, 9.17) is 4.74 Å². The summed E-state index contributed by atoms with van der Waals surface area (Å²) in [4.78, 5) is 23.5. The highest BCUT2D eigenvalue weighted by molar-refractivity contribution is 5.94. The van der Waals surface area contributed by atoms with Gasteiger partial charge in [0, 0.05) is 24.1 Å². The molecule has 0 aromatic heterocycles. The first kappa shape index (κ1) is 14.1. The van der Waals surface area contributed by atoms with Gasteiger partial charge in [-0.05, 0) is 30.9 Å². The maximum Gasteiger partial charge on any atom is 0.224 e. The summed E-state index contributed by atoms with van der Waals surface area (Å²) in [7, 11) is 0. The van der Waals surface area contributed by atoms with E-state index >= 15 is 0 Å². The minimum Gasteiger partial charge on any atom is -0.486 e.